The maximum atomic E-state index is 13.7. The Labute approximate surface area is 227 Å². The van der Waals surface area contributed by atoms with Crippen LogP contribution in [0.2, 0.25) is 5.02 Å². The summed E-state index contributed by atoms with van der Waals surface area (Å²) in [6.45, 7) is 0. The van der Waals surface area contributed by atoms with Gasteiger partial charge in [0.25, 0.3) is 11.8 Å². The van der Waals surface area contributed by atoms with Crippen LogP contribution in [-0.2, 0) is 13.2 Å². The highest BCUT2D eigenvalue weighted by Crippen LogP contribution is 2.39. The van der Waals surface area contributed by atoms with Gasteiger partial charge in [-0.3, -0.25) is 14.3 Å². The Kier molecular flexibility index (Phi) is 7.78. The molecule has 0 unspecified atom stereocenters. The van der Waals surface area contributed by atoms with Gasteiger partial charge in [-0.05, 0) is 50.3 Å². The van der Waals surface area contributed by atoms with Crippen LogP contribution in [0.15, 0.2) is 30.6 Å². The molecule has 2 aliphatic rings. The lowest BCUT2D eigenvalue weighted by atomic mass is 9.87. The van der Waals surface area contributed by atoms with Gasteiger partial charge in [-0.25, -0.2) is 4.98 Å². The summed E-state index contributed by atoms with van der Waals surface area (Å²) in [4.78, 5) is 29.4. The van der Waals surface area contributed by atoms with Crippen molar-refractivity contribution in [2.75, 3.05) is 5.32 Å². The van der Waals surface area contributed by atoms with Gasteiger partial charge in [-0.1, -0.05) is 11.6 Å². The van der Waals surface area contributed by atoms with E-state index in [1.54, 1.807) is 0 Å². The fourth-order valence-electron chi connectivity index (χ4n) is 4.50. The summed E-state index contributed by atoms with van der Waals surface area (Å²) < 4.78 is 43.8. The minimum atomic E-state index is -4.66. The van der Waals surface area contributed by atoms with Crippen molar-refractivity contribution in [1.29, 1.82) is 0 Å². The molecule has 1 aromatic carbocycles. The maximum absolute atomic E-state index is 13.7. The fraction of sp³-hybridized carbons (Fsp3) is 0.417. The van der Waals surface area contributed by atoms with E-state index in [2.05, 4.69) is 20.7 Å². The lowest BCUT2D eigenvalue weighted by Crippen LogP contribution is -2.50. The van der Waals surface area contributed by atoms with Gasteiger partial charge < -0.3 is 20.9 Å². The molecular weight excluding hydrogens is 546 g/mol. The Hall–Kier alpha value is -3.09. The number of halogens is 5. The van der Waals surface area contributed by atoms with Gasteiger partial charge in [-0.2, -0.15) is 18.3 Å². The van der Waals surface area contributed by atoms with Crippen LogP contribution in [0.3, 0.4) is 0 Å². The van der Waals surface area contributed by atoms with Gasteiger partial charge in [-0.15, -0.1) is 12.4 Å². The number of alkyl halides is 3. The van der Waals surface area contributed by atoms with Crippen LogP contribution < -0.4 is 16.4 Å². The molecule has 204 valence electrons. The molecule has 0 spiro atoms. The van der Waals surface area contributed by atoms with Gasteiger partial charge in [0.1, 0.15) is 0 Å². The van der Waals surface area contributed by atoms with Crippen molar-refractivity contribution in [3.8, 4) is 11.3 Å². The Morgan fingerprint density at radius 3 is 2.47 bits per heavy atom. The van der Waals surface area contributed by atoms with E-state index in [1.165, 1.54) is 46.9 Å². The number of hydrogen-bond donors (Lipinski definition) is 3. The van der Waals surface area contributed by atoms with Gasteiger partial charge in [0.15, 0.2) is 11.5 Å². The van der Waals surface area contributed by atoms with E-state index < -0.39 is 17.8 Å². The first-order valence-electron chi connectivity index (χ1n) is 11.9. The lowest BCUT2D eigenvalue weighted by molar-refractivity contribution is -0.141. The number of carbonyl (C=O) groups excluding carboxylic acids is 2. The van der Waals surface area contributed by atoms with E-state index >= 15 is 0 Å². The minimum absolute atomic E-state index is 0. The molecule has 0 radical (unpaired) electrons. The quantitative estimate of drug-likeness (QED) is 0.400. The Balaban J connectivity index is 0.00000336. The van der Waals surface area contributed by atoms with Crippen LogP contribution in [0.4, 0.5) is 18.9 Å². The molecular formula is C24H26Cl2F3N7O2. The zero-order valence-electron chi connectivity index (χ0n) is 20.3. The van der Waals surface area contributed by atoms with E-state index in [0.29, 0.717) is 18.5 Å². The molecule has 2 aromatic heterocycles. The molecule has 4 N–H and O–H groups in total. The first-order valence-corrected chi connectivity index (χ1v) is 12.2. The van der Waals surface area contributed by atoms with Crippen molar-refractivity contribution in [3.05, 3.63) is 52.7 Å². The first kappa shape index (κ1) is 27.9. The summed E-state index contributed by atoms with van der Waals surface area (Å²) in [5.74, 6) is -1.08. The molecule has 2 heterocycles. The van der Waals surface area contributed by atoms with E-state index in [1.807, 2.05) is 0 Å². The second-order valence-electron chi connectivity index (χ2n) is 9.53. The molecule has 2 fully saturated rings. The topological polar surface area (TPSA) is 120 Å². The van der Waals surface area contributed by atoms with Crippen molar-refractivity contribution in [1.82, 2.24) is 24.6 Å². The molecule has 0 bridgehead atoms. The largest absolute Gasteiger partial charge is 0.435 e. The number of nitrogens with one attached hydrogen (secondary N) is 2. The predicted molar refractivity (Wildman–Crippen MR) is 137 cm³/mol. The van der Waals surface area contributed by atoms with E-state index in [9.17, 15) is 22.8 Å². The minimum Gasteiger partial charge on any atom is -0.349 e. The second-order valence-corrected chi connectivity index (χ2v) is 9.94. The van der Waals surface area contributed by atoms with Crippen LogP contribution in [0.5, 0.6) is 0 Å². The molecule has 0 saturated heterocycles. The third-order valence-corrected chi connectivity index (χ3v) is 7.21. The van der Waals surface area contributed by atoms with Gasteiger partial charge in [0.2, 0.25) is 0 Å². The van der Waals surface area contributed by atoms with E-state index in [-0.39, 0.29) is 64.1 Å². The maximum Gasteiger partial charge on any atom is 0.435 e. The van der Waals surface area contributed by atoms with Gasteiger partial charge >= 0.3 is 6.18 Å². The van der Waals surface area contributed by atoms with Crippen LogP contribution in [0.1, 0.15) is 64.8 Å². The van der Waals surface area contributed by atoms with E-state index in [0.717, 1.165) is 19.3 Å². The Bertz CT molecular complexity index is 1360. The number of imidazole rings is 1. The van der Waals surface area contributed by atoms with Crippen LogP contribution in [0.25, 0.3) is 11.3 Å². The smallest absolute Gasteiger partial charge is 0.349 e. The standard InChI is InChI=1S/C24H25ClF3N7O2.ClH/c1-34-19(17-11-35(15-3-2-4-15)33-20(17)24(26,27)28)10-30-21(34)23(37)31-13-5-6-16(18(25)9-13)22(36)32-14-7-12(29)8-14;/h5-6,9-12,14-15H,2-4,7-8,29H2,1H3,(H,31,37)(H,32,36);1H. The number of nitrogens with zero attached hydrogens (tertiary/aromatic N) is 4. The summed E-state index contributed by atoms with van der Waals surface area (Å²) in [6, 6.07) is 4.46. The third-order valence-electron chi connectivity index (χ3n) is 6.90. The van der Waals surface area contributed by atoms with Crippen molar-refractivity contribution in [3.63, 3.8) is 0 Å². The SMILES string of the molecule is Cl.Cn1c(-c2cn(C3CCC3)nc2C(F)(F)F)cnc1C(=O)Nc1ccc(C(=O)NC2CC(N)C2)c(Cl)c1. The van der Waals surface area contributed by atoms with Crippen molar-refractivity contribution in [2.24, 2.45) is 12.8 Å². The highest BCUT2D eigenvalue weighted by Gasteiger charge is 2.39. The number of rotatable bonds is 6. The highest BCUT2D eigenvalue weighted by molar-refractivity contribution is 6.34. The molecule has 5 rings (SSSR count). The van der Waals surface area contributed by atoms with Crippen LogP contribution >= 0.6 is 24.0 Å². The normalized spacial score (nSPS) is 19.2. The molecule has 3 aromatic rings. The summed E-state index contributed by atoms with van der Waals surface area (Å²) in [5, 5.41) is 9.42. The molecule has 2 aliphatic carbocycles. The van der Waals surface area contributed by atoms with Crippen molar-refractivity contribution >= 4 is 41.5 Å². The summed E-state index contributed by atoms with van der Waals surface area (Å²) >= 11 is 6.27. The Morgan fingerprint density at radius 1 is 1.18 bits per heavy atom. The zero-order valence-corrected chi connectivity index (χ0v) is 21.8. The van der Waals surface area contributed by atoms with Gasteiger partial charge in [0, 0.05) is 31.0 Å². The number of amides is 2. The number of benzene rings is 1. The molecule has 14 heteroatoms. The Morgan fingerprint density at radius 2 is 1.89 bits per heavy atom. The number of aromatic nitrogens is 4. The first-order chi connectivity index (χ1) is 17.5. The number of nitrogens with two attached hydrogens (primary N) is 1. The molecule has 2 saturated carbocycles. The molecule has 9 nitrogen and oxygen atoms in total. The summed E-state index contributed by atoms with van der Waals surface area (Å²) in [7, 11) is 1.46. The summed E-state index contributed by atoms with van der Waals surface area (Å²) in [5.41, 5.74) is 5.26. The number of carbonyl (C=O) groups is 2. The van der Waals surface area contributed by atoms with E-state index in [4.69, 9.17) is 17.3 Å². The molecule has 0 aliphatic heterocycles. The number of hydrogen-bond acceptors (Lipinski definition) is 5. The van der Waals surface area contributed by atoms with Crippen molar-refractivity contribution < 1.29 is 22.8 Å². The van der Waals surface area contributed by atoms with Crippen molar-refractivity contribution in [2.45, 2.75) is 56.4 Å². The fourth-order valence-corrected chi connectivity index (χ4v) is 4.77. The predicted octanol–water partition coefficient (Wildman–Crippen LogP) is 4.57. The van der Waals surface area contributed by atoms with Gasteiger partial charge in [0.05, 0.1) is 34.1 Å². The van der Waals surface area contributed by atoms with Crippen LogP contribution in [-0.4, -0.2) is 43.2 Å². The average molecular weight is 572 g/mol. The molecule has 38 heavy (non-hydrogen) atoms. The lowest BCUT2D eigenvalue weighted by Gasteiger charge is -2.33. The number of anilines is 1. The molecule has 0 atom stereocenters. The third kappa shape index (κ3) is 5.38. The van der Waals surface area contributed by atoms with Crippen LogP contribution in [0, 0.1) is 0 Å². The highest BCUT2D eigenvalue weighted by atomic mass is 35.5. The molecule has 2 amide bonds. The average Bonchev–Trinajstić information content (AvgIpc) is 3.35. The monoisotopic (exact) mass is 571 g/mol. The summed E-state index contributed by atoms with van der Waals surface area (Å²) in [6.07, 6.45) is 1.83. The second kappa shape index (κ2) is 10.6. The zero-order chi connectivity index (χ0) is 26.5.